The van der Waals surface area contributed by atoms with Crippen LogP contribution in [-0.4, -0.2) is 29.1 Å². The van der Waals surface area contributed by atoms with Crippen LogP contribution in [0, 0.1) is 5.92 Å². The van der Waals surface area contributed by atoms with Crippen molar-refractivity contribution >= 4 is 39.5 Å². The second kappa shape index (κ2) is 7.07. The number of carboxylic acid groups (broad SMARTS) is 1. The highest BCUT2D eigenvalue weighted by Gasteiger charge is 2.21. The fraction of sp³-hybridized carbons (Fsp3) is 0.308. The van der Waals surface area contributed by atoms with Crippen LogP contribution in [0.5, 0.6) is 0 Å². The quantitative estimate of drug-likeness (QED) is 0.641. The van der Waals surface area contributed by atoms with Crippen molar-refractivity contribution in [2.24, 2.45) is 11.7 Å². The van der Waals surface area contributed by atoms with Crippen LogP contribution in [0.1, 0.15) is 24.2 Å². The second-order valence-corrected chi connectivity index (χ2v) is 5.58. The average Bonchev–Trinajstić information content (AvgIpc) is 2.37. The van der Waals surface area contributed by atoms with Crippen LogP contribution in [0.2, 0.25) is 0 Å². The highest BCUT2D eigenvalue weighted by Crippen LogP contribution is 2.23. The lowest BCUT2D eigenvalue weighted by Gasteiger charge is -2.19. The third kappa shape index (κ3) is 4.75. The Morgan fingerprint density at radius 3 is 2.33 bits per heavy atom. The van der Waals surface area contributed by atoms with Crippen molar-refractivity contribution in [3.05, 3.63) is 28.2 Å². The Morgan fingerprint density at radius 2 is 1.90 bits per heavy atom. The monoisotopic (exact) mass is 357 g/mol. The molecule has 3 amide bonds. The predicted molar refractivity (Wildman–Crippen MR) is 81.1 cm³/mol. The van der Waals surface area contributed by atoms with Gasteiger partial charge in [0.25, 0.3) is 0 Å². The maximum absolute atomic E-state index is 11.8. The summed E-state index contributed by atoms with van der Waals surface area (Å²) < 4.78 is 0.415. The van der Waals surface area contributed by atoms with Crippen molar-refractivity contribution in [3.8, 4) is 0 Å². The minimum atomic E-state index is -1.07. The van der Waals surface area contributed by atoms with Crippen LogP contribution in [0.15, 0.2) is 22.7 Å². The van der Waals surface area contributed by atoms with Gasteiger partial charge in [0.1, 0.15) is 6.04 Å². The van der Waals surface area contributed by atoms with Crippen molar-refractivity contribution in [3.63, 3.8) is 0 Å². The van der Waals surface area contributed by atoms with Crippen molar-refractivity contribution in [2.45, 2.75) is 19.9 Å². The second-order valence-electron chi connectivity index (χ2n) is 4.72. The molecule has 114 valence electrons. The molecular formula is C13H16BrN3O4. The highest BCUT2D eigenvalue weighted by atomic mass is 79.9. The number of nitrogens with one attached hydrogen (secondary N) is 2. The molecule has 1 rings (SSSR count). The van der Waals surface area contributed by atoms with Gasteiger partial charge >= 0.3 is 12.0 Å². The van der Waals surface area contributed by atoms with Gasteiger partial charge in [0.05, 0.1) is 11.3 Å². The van der Waals surface area contributed by atoms with Crippen LogP contribution in [-0.2, 0) is 4.79 Å². The summed E-state index contributed by atoms with van der Waals surface area (Å²) in [7, 11) is 0. The molecule has 0 bridgehead atoms. The zero-order chi connectivity index (χ0) is 16.2. The zero-order valence-electron chi connectivity index (χ0n) is 11.5. The van der Waals surface area contributed by atoms with Gasteiger partial charge in [0.15, 0.2) is 0 Å². The molecule has 1 unspecified atom stereocenters. The smallest absolute Gasteiger partial charge is 0.335 e. The average molecular weight is 358 g/mol. The number of carbonyl (C=O) groups excluding carboxylic acids is 2. The first kappa shape index (κ1) is 17.0. The van der Waals surface area contributed by atoms with E-state index in [1.54, 1.807) is 13.8 Å². The van der Waals surface area contributed by atoms with Crippen molar-refractivity contribution < 1.29 is 19.5 Å². The van der Waals surface area contributed by atoms with Gasteiger partial charge in [-0.05, 0) is 40.0 Å². The fourth-order valence-electron chi connectivity index (χ4n) is 1.62. The molecule has 21 heavy (non-hydrogen) atoms. The molecule has 0 saturated carbocycles. The molecule has 0 aliphatic heterocycles. The number of carboxylic acids is 1. The van der Waals surface area contributed by atoms with Crippen molar-refractivity contribution in [2.75, 3.05) is 5.32 Å². The van der Waals surface area contributed by atoms with E-state index in [0.717, 1.165) is 0 Å². The zero-order valence-corrected chi connectivity index (χ0v) is 13.1. The van der Waals surface area contributed by atoms with E-state index in [0.29, 0.717) is 10.2 Å². The van der Waals surface area contributed by atoms with Crippen LogP contribution >= 0.6 is 15.9 Å². The summed E-state index contributed by atoms with van der Waals surface area (Å²) in [6.45, 7) is 3.51. The van der Waals surface area contributed by atoms with Gasteiger partial charge in [-0.2, -0.15) is 0 Å². The maximum Gasteiger partial charge on any atom is 0.335 e. The molecule has 1 atom stereocenters. The number of hydrogen-bond acceptors (Lipinski definition) is 3. The van der Waals surface area contributed by atoms with Gasteiger partial charge in [0.2, 0.25) is 5.91 Å². The summed E-state index contributed by atoms with van der Waals surface area (Å²) in [5.41, 5.74) is 5.67. The van der Waals surface area contributed by atoms with E-state index in [4.69, 9.17) is 10.8 Å². The minimum Gasteiger partial charge on any atom is -0.478 e. The molecule has 0 fully saturated rings. The number of benzene rings is 1. The van der Waals surface area contributed by atoms with E-state index >= 15 is 0 Å². The van der Waals surface area contributed by atoms with E-state index in [-0.39, 0.29) is 11.5 Å². The topological polar surface area (TPSA) is 122 Å². The normalized spacial score (nSPS) is 11.8. The number of anilines is 1. The molecule has 0 spiro atoms. The first-order valence-corrected chi connectivity index (χ1v) is 6.91. The Morgan fingerprint density at radius 1 is 1.29 bits per heavy atom. The van der Waals surface area contributed by atoms with Gasteiger partial charge < -0.3 is 21.5 Å². The Balaban J connectivity index is 2.79. The van der Waals surface area contributed by atoms with Crippen molar-refractivity contribution in [1.82, 2.24) is 5.32 Å². The number of hydrogen-bond donors (Lipinski definition) is 4. The molecule has 7 nitrogen and oxygen atoms in total. The summed E-state index contributed by atoms with van der Waals surface area (Å²) in [5, 5.41) is 13.8. The number of nitrogens with two attached hydrogens (primary N) is 1. The maximum atomic E-state index is 11.8. The molecule has 5 N–H and O–H groups in total. The number of urea groups is 1. The summed E-state index contributed by atoms with van der Waals surface area (Å²) >= 11 is 3.17. The first-order chi connectivity index (χ1) is 9.72. The fourth-order valence-corrected chi connectivity index (χ4v) is 2.09. The number of amides is 3. The van der Waals surface area contributed by atoms with Gasteiger partial charge in [0, 0.05) is 4.47 Å². The van der Waals surface area contributed by atoms with Crippen LogP contribution in [0.4, 0.5) is 10.5 Å². The van der Waals surface area contributed by atoms with Crippen LogP contribution < -0.4 is 16.4 Å². The lowest BCUT2D eigenvalue weighted by molar-refractivity contribution is -0.120. The SMILES string of the molecule is CC(C)C(NC(=O)Nc1ccc(C(=O)O)cc1Br)C(N)=O. The van der Waals surface area contributed by atoms with Crippen LogP contribution in [0.25, 0.3) is 0 Å². The van der Waals surface area contributed by atoms with Gasteiger partial charge in [-0.15, -0.1) is 0 Å². The molecule has 0 aromatic heterocycles. The third-order valence-electron chi connectivity index (χ3n) is 2.72. The van der Waals surface area contributed by atoms with E-state index in [2.05, 4.69) is 26.6 Å². The number of primary amides is 1. The number of halogens is 1. The number of carbonyl (C=O) groups is 3. The summed E-state index contributed by atoms with van der Waals surface area (Å²) in [4.78, 5) is 33.9. The van der Waals surface area contributed by atoms with E-state index in [9.17, 15) is 14.4 Å². The predicted octanol–water partition coefficient (Wildman–Crippen LogP) is 1.78. The molecule has 0 heterocycles. The summed E-state index contributed by atoms with van der Waals surface area (Å²) in [5.74, 6) is -1.84. The number of rotatable bonds is 5. The molecular weight excluding hydrogens is 342 g/mol. The molecule has 1 aromatic rings. The first-order valence-electron chi connectivity index (χ1n) is 6.12. The summed E-state index contributed by atoms with van der Waals surface area (Å²) in [6.07, 6.45) is 0. The minimum absolute atomic E-state index is 0.0880. The van der Waals surface area contributed by atoms with Crippen LogP contribution in [0.3, 0.4) is 0 Å². The standard InChI is InChI=1S/C13H16BrN3O4/c1-6(2)10(11(15)18)17-13(21)16-9-4-3-7(12(19)20)5-8(9)14/h3-6,10H,1-2H3,(H2,15,18)(H,19,20)(H2,16,17,21). The Hall–Kier alpha value is -2.09. The highest BCUT2D eigenvalue weighted by molar-refractivity contribution is 9.10. The molecule has 8 heteroatoms. The van der Waals surface area contributed by atoms with E-state index in [1.807, 2.05) is 0 Å². The van der Waals surface area contributed by atoms with Gasteiger partial charge in [-0.3, -0.25) is 4.79 Å². The lowest BCUT2D eigenvalue weighted by Crippen LogP contribution is -2.49. The Kier molecular flexibility index (Phi) is 5.71. The van der Waals surface area contributed by atoms with Crippen molar-refractivity contribution in [1.29, 1.82) is 0 Å². The van der Waals surface area contributed by atoms with Gasteiger partial charge in [-0.25, -0.2) is 9.59 Å². The molecule has 1 aromatic carbocycles. The third-order valence-corrected chi connectivity index (χ3v) is 3.38. The van der Waals surface area contributed by atoms with E-state index < -0.39 is 23.9 Å². The summed E-state index contributed by atoms with van der Waals surface area (Å²) in [6, 6.07) is 2.78. The largest absolute Gasteiger partial charge is 0.478 e. The van der Waals surface area contributed by atoms with E-state index in [1.165, 1.54) is 18.2 Å². The molecule has 0 saturated heterocycles. The Bertz CT molecular complexity index is 575. The lowest BCUT2D eigenvalue weighted by atomic mass is 10.0. The number of aromatic carboxylic acids is 1. The molecule has 0 aliphatic rings. The molecule has 0 aliphatic carbocycles. The molecule has 0 radical (unpaired) electrons. The van der Waals surface area contributed by atoms with Gasteiger partial charge in [-0.1, -0.05) is 13.8 Å². The Labute approximate surface area is 130 Å².